The molecule has 0 spiro atoms. The van der Waals surface area contributed by atoms with Crippen LogP contribution in [0.1, 0.15) is 22.3 Å². The molecule has 2 rings (SSSR count). The van der Waals surface area contributed by atoms with Crippen molar-refractivity contribution in [2.45, 2.75) is 13.3 Å². The predicted molar refractivity (Wildman–Crippen MR) is 92.3 cm³/mol. The SMILES string of the molecule is CNC(=O)CCN(C)C(=O)c1ccc(-c2ccc(C)cc2)cc1. The van der Waals surface area contributed by atoms with Crippen molar-refractivity contribution in [3.63, 3.8) is 0 Å². The largest absolute Gasteiger partial charge is 0.359 e. The molecule has 120 valence electrons. The fourth-order valence-corrected chi connectivity index (χ4v) is 2.27. The van der Waals surface area contributed by atoms with Crippen LogP contribution in [-0.2, 0) is 4.79 Å². The highest BCUT2D eigenvalue weighted by Crippen LogP contribution is 2.20. The number of aryl methyl sites for hydroxylation is 1. The van der Waals surface area contributed by atoms with Crippen LogP contribution in [-0.4, -0.2) is 37.4 Å². The third kappa shape index (κ3) is 4.42. The van der Waals surface area contributed by atoms with Crippen molar-refractivity contribution in [3.8, 4) is 11.1 Å². The minimum absolute atomic E-state index is 0.0700. The van der Waals surface area contributed by atoms with E-state index in [9.17, 15) is 9.59 Å². The van der Waals surface area contributed by atoms with Crippen molar-refractivity contribution in [2.24, 2.45) is 0 Å². The number of hydrogen-bond donors (Lipinski definition) is 1. The first-order chi connectivity index (χ1) is 11.0. The Kier molecular flexibility index (Phi) is 5.52. The Hall–Kier alpha value is -2.62. The van der Waals surface area contributed by atoms with E-state index in [1.807, 2.05) is 24.3 Å². The first kappa shape index (κ1) is 16.7. The Labute approximate surface area is 137 Å². The van der Waals surface area contributed by atoms with Gasteiger partial charge in [-0.3, -0.25) is 9.59 Å². The van der Waals surface area contributed by atoms with E-state index in [1.165, 1.54) is 5.56 Å². The number of nitrogens with one attached hydrogen (secondary N) is 1. The number of carbonyl (C=O) groups excluding carboxylic acids is 2. The molecule has 2 aromatic carbocycles. The molecule has 0 aliphatic heterocycles. The van der Waals surface area contributed by atoms with Gasteiger partial charge in [-0.2, -0.15) is 0 Å². The Morgan fingerprint density at radius 2 is 1.48 bits per heavy atom. The topological polar surface area (TPSA) is 49.4 Å². The van der Waals surface area contributed by atoms with Gasteiger partial charge in [-0.15, -0.1) is 0 Å². The maximum Gasteiger partial charge on any atom is 0.253 e. The van der Waals surface area contributed by atoms with Crippen LogP contribution in [0.5, 0.6) is 0 Å². The van der Waals surface area contributed by atoms with Gasteiger partial charge in [0.15, 0.2) is 0 Å². The number of carbonyl (C=O) groups is 2. The lowest BCUT2D eigenvalue weighted by atomic mass is 10.0. The Morgan fingerprint density at radius 3 is 2.00 bits per heavy atom. The summed E-state index contributed by atoms with van der Waals surface area (Å²) in [5.41, 5.74) is 4.05. The van der Waals surface area contributed by atoms with Crippen LogP contribution in [0.15, 0.2) is 48.5 Å². The van der Waals surface area contributed by atoms with Crippen molar-refractivity contribution in [1.29, 1.82) is 0 Å². The zero-order valence-corrected chi connectivity index (χ0v) is 13.8. The van der Waals surface area contributed by atoms with Gasteiger partial charge in [0.05, 0.1) is 0 Å². The molecule has 0 unspecified atom stereocenters. The quantitative estimate of drug-likeness (QED) is 0.923. The molecule has 0 saturated carbocycles. The van der Waals surface area contributed by atoms with Gasteiger partial charge in [0.25, 0.3) is 5.91 Å². The van der Waals surface area contributed by atoms with E-state index in [0.29, 0.717) is 18.5 Å². The van der Waals surface area contributed by atoms with Crippen molar-refractivity contribution in [1.82, 2.24) is 10.2 Å². The molecule has 2 amide bonds. The summed E-state index contributed by atoms with van der Waals surface area (Å²) >= 11 is 0. The molecule has 4 heteroatoms. The molecule has 4 nitrogen and oxygen atoms in total. The molecule has 0 fully saturated rings. The van der Waals surface area contributed by atoms with E-state index < -0.39 is 0 Å². The third-order valence-electron chi connectivity index (χ3n) is 3.82. The number of rotatable bonds is 5. The lowest BCUT2D eigenvalue weighted by Crippen LogP contribution is -2.31. The second-order valence-electron chi connectivity index (χ2n) is 5.59. The highest BCUT2D eigenvalue weighted by atomic mass is 16.2. The van der Waals surface area contributed by atoms with Gasteiger partial charge in [0, 0.05) is 32.6 Å². The zero-order valence-electron chi connectivity index (χ0n) is 13.8. The molecule has 0 bridgehead atoms. The molecule has 1 N–H and O–H groups in total. The molecular formula is C19H22N2O2. The van der Waals surface area contributed by atoms with E-state index in [-0.39, 0.29) is 11.8 Å². The van der Waals surface area contributed by atoms with Crippen LogP contribution in [0.4, 0.5) is 0 Å². The summed E-state index contributed by atoms with van der Waals surface area (Å²) in [6.45, 7) is 2.46. The molecular weight excluding hydrogens is 288 g/mol. The first-order valence-electron chi connectivity index (χ1n) is 7.64. The summed E-state index contributed by atoms with van der Waals surface area (Å²) in [6.07, 6.45) is 0.306. The Morgan fingerprint density at radius 1 is 0.957 bits per heavy atom. The minimum Gasteiger partial charge on any atom is -0.359 e. The highest BCUT2D eigenvalue weighted by Gasteiger charge is 2.12. The maximum atomic E-state index is 12.3. The van der Waals surface area contributed by atoms with Crippen molar-refractivity contribution in [3.05, 3.63) is 59.7 Å². The van der Waals surface area contributed by atoms with Crippen LogP contribution < -0.4 is 5.32 Å². The van der Waals surface area contributed by atoms with Crippen LogP contribution in [0.3, 0.4) is 0 Å². The van der Waals surface area contributed by atoms with E-state index in [0.717, 1.165) is 11.1 Å². The molecule has 0 saturated heterocycles. The van der Waals surface area contributed by atoms with Crippen molar-refractivity contribution in [2.75, 3.05) is 20.6 Å². The van der Waals surface area contributed by atoms with Crippen LogP contribution in [0.25, 0.3) is 11.1 Å². The number of amides is 2. The molecule has 2 aromatic rings. The van der Waals surface area contributed by atoms with E-state index in [4.69, 9.17) is 0 Å². The maximum absolute atomic E-state index is 12.3. The lowest BCUT2D eigenvalue weighted by molar-refractivity contribution is -0.120. The van der Waals surface area contributed by atoms with Crippen LogP contribution >= 0.6 is 0 Å². The average Bonchev–Trinajstić information content (AvgIpc) is 2.59. The number of benzene rings is 2. The van der Waals surface area contributed by atoms with Gasteiger partial charge in [-0.25, -0.2) is 0 Å². The summed E-state index contributed by atoms with van der Waals surface area (Å²) in [5, 5.41) is 2.55. The molecule has 0 aromatic heterocycles. The number of hydrogen-bond acceptors (Lipinski definition) is 2. The predicted octanol–water partition coefficient (Wildman–Crippen LogP) is 2.87. The number of nitrogens with zero attached hydrogens (tertiary/aromatic N) is 1. The van der Waals surface area contributed by atoms with Gasteiger partial charge in [-0.05, 0) is 30.2 Å². The smallest absolute Gasteiger partial charge is 0.253 e. The summed E-state index contributed by atoms with van der Waals surface area (Å²) < 4.78 is 0. The van der Waals surface area contributed by atoms with E-state index >= 15 is 0 Å². The third-order valence-corrected chi connectivity index (χ3v) is 3.82. The lowest BCUT2D eigenvalue weighted by Gasteiger charge is -2.17. The summed E-state index contributed by atoms with van der Waals surface area (Å²) in [7, 11) is 3.30. The fraction of sp³-hybridized carbons (Fsp3) is 0.263. The monoisotopic (exact) mass is 310 g/mol. The van der Waals surface area contributed by atoms with Gasteiger partial charge in [0.2, 0.25) is 5.91 Å². The molecule has 23 heavy (non-hydrogen) atoms. The summed E-state index contributed by atoms with van der Waals surface area (Å²) in [6, 6.07) is 15.8. The molecule has 0 radical (unpaired) electrons. The van der Waals surface area contributed by atoms with Gasteiger partial charge < -0.3 is 10.2 Å². The second kappa shape index (κ2) is 7.58. The Balaban J connectivity index is 2.05. The average molecular weight is 310 g/mol. The van der Waals surface area contributed by atoms with Gasteiger partial charge in [-0.1, -0.05) is 42.0 Å². The van der Waals surface area contributed by atoms with Gasteiger partial charge in [0.1, 0.15) is 0 Å². The molecule has 0 aliphatic carbocycles. The summed E-state index contributed by atoms with van der Waals surface area (Å²) in [5.74, 6) is -0.149. The molecule has 0 aliphatic rings. The fourth-order valence-electron chi connectivity index (χ4n) is 2.27. The van der Waals surface area contributed by atoms with Crippen LogP contribution in [0.2, 0.25) is 0 Å². The van der Waals surface area contributed by atoms with Crippen LogP contribution in [0, 0.1) is 6.92 Å². The molecule has 0 heterocycles. The normalized spacial score (nSPS) is 10.2. The van der Waals surface area contributed by atoms with E-state index in [2.05, 4.69) is 36.5 Å². The highest BCUT2D eigenvalue weighted by molar-refractivity contribution is 5.94. The van der Waals surface area contributed by atoms with Crippen molar-refractivity contribution < 1.29 is 9.59 Å². The molecule has 0 atom stereocenters. The summed E-state index contributed by atoms with van der Waals surface area (Å²) in [4.78, 5) is 25.1. The van der Waals surface area contributed by atoms with Crippen molar-refractivity contribution >= 4 is 11.8 Å². The first-order valence-corrected chi connectivity index (χ1v) is 7.64. The van der Waals surface area contributed by atoms with Gasteiger partial charge >= 0.3 is 0 Å². The minimum atomic E-state index is -0.0793. The standard InChI is InChI=1S/C19H22N2O2/c1-14-4-6-15(7-5-14)16-8-10-17(11-9-16)19(23)21(3)13-12-18(22)20-2/h4-11H,12-13H2,1-3H3,(H,20,22). The zero-order chi connectivity index (χ0) is 16.8. The Bertz CT molecular complexity index is 676. The van der Waals surface area contributed by atoms with E-state index in [1.54, 1.807) is 19.0 Å². The second-order valence-corrected chi connectivity index (χ2v) is 5.59.